The third-order valence-electron chi connectivity index (χ3n) is 8.97. The molecular weight excluding hydrogens is 668 g/mol. The highest BCUT2D eigenvalue weighted by molar-refractivity contribution is 5.96. The smallest absolute Gasteiger partial charge is 0.329 e. The molecule has 0 saturated carbocycles. The first kappa shape index (κ1) is 42.6. The van der Waals surface area contributed by atoms with Gasteiger partial charge in [0.1, 0.15) is 12.1 Å². The zero-order valence-corrected chi connectivity index (χ0v) is 31.9. The van der Waals surface area contributed by atoms with E-state index in [9.17, 15) is 19.2 Å². The van der Waals surface area contributed by atoms with Gasteiger partial charge in [0, 0.05) is 24.2 Å². The molecule has 3 rings (SSSR count). The summed E-state index contributed by atoms with van der Waals surface area (Å²) in [7, 11) is 0. The average Bonchev–Trinajstić information content (AvgIpc) is 3.15. The molecule has 0 aromatic heterocycles. The lowest BCUT2D eigenvalue weighted by atomic mass is 10.1. The number of unbranched alkanes of at least 4 members (excludes halogenated alkanes) is 10. The fraction of sp³-hybridized carbons (Fsp3) is 0.488. The number of anilines is 2. The zero-order chi connectivity index (χ0) is 38.1. The number of hydrogen-bond donors (Lipinski definition) is 4. The predicted octanol–water partition coefficient (Wildman–Crippen LogP) is 9.27. The summed E-state index contributed by atoms with van der Waals surface area (Å²) in [5.41, 5.74) is 3.37. The lowest BCUT2D eigenvalue weighted by Gasteiger charge is -2.20. The van der Waals surface area contributed by atoms with E-state index >= 15 is 0 Å². The number of ether oxygens (including phenoxy) is 2. The van der Waals surface area contributed by atoms with E-state index in [4.69, 9.17) is 9.47 Å². The molecule has 53 heavy (non-hydrogen) atoms. The third-order valence-corrected chi connectivity index (χ3v) is 8.97. The summed E-state index contributed by atoms with van der Waals surface area (Å²) < 4.78 is 11.2. The summed E-state index contributed by atoms with van der Waals surface area (Å²) in [5.74, 6) is -0.979. The number of urea groups is 2. The van der Waals surface area contributed by atoms with Crippen molar-refractivity contribution in [3.05, 3.63) is 95.6 Å². The number of amides is 4. The topological polar surface area (TPSA) is 135 Å². The number of benzene rings is 3. The Morgan fingerprint density at radius 3 is 1.45 bits per heavy atom. The molecule has 3 aromatic carbocycles. The number of aryl methyl sites for hydroxylation is 1. The number of hydrogen-bond acceptors (Lipinski definition) is 6. The lowest BCUT2D eigenvalue weighted by molar-refractivity contribution is -0.146. The molecular formula is C43H60N4O6. The van der Waals surface area contributed by atoms with E-state index in [0.29, 0.717) is 24.6 Å². The maximum Gasteiger partial charge on any atom is 0.329 e. The third kappa shape index (κ3) is 17.5. The van der Waals surface area contributed by atoms with Crippen LogP contribution in [0.1, 0.15) is 108 Å². The van der Waals surface area contributed by atoms with Crippen LogP contribution in [-0.4, -0.2) is 49.3 Å². The summed E-state index contributed by atoms with van der Waals surface area (Å²) in [4.78, 5) is 52.7. The maximum atomic E-state index is 13.3. The van der Waals surface area contributed by atoms with Gasteiger partial charge in [-0.1, -0.05) is 145 Å². The molecule has 4 amide bonds. The van der Waals surface area contributed by atoms with Gasteiger partial charge in [-0.2, -0.15) is 0 Å². The fourth-order valence-electron chi connectivity index (χ4n) is 5.87. The van der Waals surface area contributed by atoms with Crippen molar-refractivity contribution in [1.29, 1.82) is 0 Å². The van der Waals surface area contributed by atoms with Gasteiger partial charge in [0.15, 0.2) is 0 Å². The molecule has 0 radical (unpaired) electrons. The van der Waals surface area contributed by atoms with Crippen molar-refractivity contribution in [2.24, 2.45) is 0 Å². The van der Waals surface area contributed by atoms with E-state index in [1.165, 1.54) is 38.5 Å². The zero-order valence-electron chi connectivity index (χ0n) is 31.9. The van der Waals surface area contributed by atoms with Crippen molar-refractivity contribution in [1.82, 2.24) is 10.6 Å². The molecule has 10 nitrogen and oxygen atoms in total. The minimum Gasteiger partial charge on any atom is -0.464 e. The second kappa shape index (κ2) is 25.2. The van der Waals surface area contributed by atoms with E-state index in [0.717, 1.165) is 55.2 Å². The minimum atomic E-state index is -0.896. The number of rotatable bonds is 24. The molecule has 0 spiro atoms. The first-order valence-corrected chi connectivity index (χ1v) is 19.5. The highest BCUT2D eigenvalue weighted by atomic mass is 16.5. The van der Waals surface area contributed by atoms with Crippen molar-refractivity contribution < 1.29 is 28.7 Å². The largest absolute Gasteiger partial charge is 0.464 e. The van der Waals surface area contributed by atoms with Gasteiger partial charge >= 0.3 is 24.0 Å². The van der Waals surface area contributed by atoms with Crippen molar-refractivity contribution in [2.45, 2.75) is 123 Å². The van der Waals surface area contributed by atoms with E-state index in [1.54, 1.807) is 18.2 Å². The van der Waals surface area contributed by atoms with Gasteiger partial charge in [0.05, 0.1) is 13.2 Å². The van der Waals surface area contributed by atoms with Crippen LogP contribution in [0.5, 0.6) is 0 Å². The normalized spacial score (nSPS) is 11.9. The average molecular weight is 729 g/mol. The molecule has 4 N–H and O–H groups in total. The van der Waals surface area contributed by atoms with Crippen molar-refractivity contribution >= 4 is 35.4 Å². The van der Waals surface area contributed by atoms with Gasteiger partial charge in [-0.25, -0.2) is 19.2 Å². The molecule has 0 aliphatic rings. The molecule has 0 bridgehead atoms. The van der Waals surface area contributed by atoms with E-state index < -0.39 is 36.1 Å². The monoisotopic (exact) mass is 728 g/mol. The Balaban J connectivity index is 1.60. The van der Waals surface area contributed by atoms with E-state index in [2.05, 4.69) is 35.1 Å². The van der Waals surface area contributed by atoms with Gasteiger partial charge in [0.2, 0.25) is 0 Å². The minimum absolute atomic E-state index is 0.274. The van der Waals surface area contributed by atoms with Crippen LogP contribution in [0, 0.1) is 6.92 Å². The Morgan fingerprint density at radius 1 is 0.547 bits per heavy atom. The van der Waals surface area contributed by atoms with Gasteiger partial charge in [-0.15, -0.1) is 0 Å². The lowest BCUT2D eigenvalue weighted by Crippen LogP contribution is -2.45. The van der Waals surface area contributed by atoms with Crippen LogP contribution in [0.15, 0.2) is 78.9 Å². The van der Waals surface area contributed by atoms with Crippen LogP contribution in [0.4, 0.5) is 21.0 Å². The Hall–Kier alpha value is -4.86. The summed E-state index contributed by atoms with van der Waals surface area (Å²) in [6.45, 7) is 6.78. The van der Waals surface area contributed by atoms with Crippen LogP contribution in [0.2, 0.25) is 0 Å². The summed E-state index contributed by atoms with van der Waals surface area (Å²) in [6.07, 6.45) is 13.4. The summed E-state index contributed by atoms with van der Waals surface area (Å²) >= 11 is 0. The molecule has 288 valence electrons. The summed E-state index contributed by atoms with van der Waals surface area (Å²) in [6, 6.07) is 21.1. The van der Waals surface area contributed by atoms with Crippen LogP contribution in [-0.2, 0) is 31.9 Å². The Kier molecular flexibility index (Phi) is 20.2. The standard InChI is InChI=1S/C43H60N4O6/c1-4-6-8-10-12-20-28-52-40(48)38(30-34-22-16-14-17-23-34)46-42(50)44-36-27-26-33(3)37(32-36)45-43(51)47-39(31-35-24-18-15-19-25-35)41(49)53-29-21-13-11-9-7-5-2/h14-19,22-27,32,38-39H,4-13,20-21,28-31H2,1-3H3,(H2,44,46,50)(H2,45,47,51)/t38-,39-/m0/s1. The number of carbonyl (C=O) groups is 4. The molecule has 3 aromatic rings. The van der Waals surface area contributed by atoms with E-state index in [1.807, 2.05) is 67.6 Å². The Labute approximate surface area is 316 Å². The predicted molar refractivity (Wildman–Crippen MR) is 212 cm³/mol. The maximum absolute atomic E-state index is 13.3. The summed E-state index contributed by atoms with van der Waals surface area (Å²) in [5, 5.41) is 11.2. The second-order valence-corrected chi connectivity index (χ2v) is 13.6. The molecule has 0 aliphatic heterocycles. The van der Waals surface area contributed by atoms with Gasteiger partial charge in [-0.3, -0.25) is 0 Å². The molecule has 0 heterocycles. The van der Waals surface area contributed by atoms with Crippen LogP contribution in [0.25, 0.3) is 0 Å². The van der Waals surface area contributed by atoms with Crippen molar-refractivity contribution in [3.63, 3.8) is 0 Å². The highest BCUT2D eigenvalue weighted by Gasteiger charge is 2.25. The van der Waals surface area contributed by atoms with Crippen LogP contribution < -0.4 is 21.3 Å². The van der Waals surface area contributed by atoms with Crippen molar-refractivity contribution in [3.8, 4) is 0 Å². The fourth-order valence-corrected chi connectivity index (χ4v) is 5.87. The van der Waals surface area contributed by atoms with Crippen LogP contribution in [0.3, 0.4) is 0 Å². The quantitative estimate of drug-likeness (QED) is 0.0537. The Bertz CT molecular complexity index is 1520. The molecule has 10 heteroatoms. The van der Waals surface area contributed by atoms with Gasteiger partial charge < -0.3 is 30.7 Å². The van der Waals surface area contributed by atoms with E-state index in [-0.39, 0.29) is 12.8 Å². The molecule has 0 fully saturated rings. The second-order valence-electron chi connectivity index (χ2n) is 13.6. The molecule has 2 atom stereocenters. The highest BCUT2D eigenvalue weighted by Crippen LogP contribution is 2.21. The molecule has 0 unspecified atom stereocenters. The Morgan fingerprint density at radius 2 is 0.981 bits per heavy atom. The van der Waals surface area contributed by atoms with Gasteiger partial charge in [0.25, 0.3) is 0 Å². The SMILES string of the molecule is CCCCCCCCOC(=O)[C@H](Cc1ccccc1)NC(=O)Nc1ccc(C)c(NC(=O)N[C@@H](Cc2ccccc2)C(=O)OCCCCCCCC)c1. The molecule has 0 saturated heterocycles. The van der Waals surface area contributed by atoms with Crippen LogP contribution >= 0.6 is 0 Å². The first-order valence-electron chi connectivity index (χ1n) is 19.5. The number of nitrogens with one attached hydrogen (secondary N) is 4. The molecule has 0 aliphatic carbocycles. The number of esters is 2. The van der Waals surface area contributed by atoms with Crippen molar-refractivity contribution in [2.75, 3.05) is 23.8 Å². The van der Waals surface area contributed by atoms with Gasteiger partial charge in [-0.05, 0) is 48.6 Å². The first-order chi connectivity index (χ1) is 25.8. The number of carbonyl (C=O) groups excluding carboxylic acids is 4.